The van der Waals surface area contributed by atoms with Crippen molar-refractivity contribution in [2.75, 3.05) is 12.4 Å². The Morgan fingerprint density at radius 3 is 2.44 bits per heavy atom. The number of aromatic nitrogens is 4. The predicted octanol–water partition coefficient (Wildman–Crippen LogP) is -0.214. The zero-order valence-electron chi connectivity index (χ0n) is 17.5. The molecular weight excluding hydrogens is 440 g/mol. The molecule has 0 spiro atoms. The summed E-state index contributed by atoms with van der Waals surface area (Å²) in [5.74, 6) is 0.784. The predicted molar refractivity (Wildman–Crippen MR) is 114 cm³/mol. The fourth-order valence-electron chi connectivity index (χ4n) is 3.58. The van der Waals surface area contributed by atoms with Crippen LogP contribution >= 0.6 is 0 Å². The van der Waals surface area contributed by atoms with E-state index in [-0.39, 0.29) is 4.90 Å². The van der Waals surface area contributed by atoms with Gasteiger partial charge in [-0.15, -0.1) is 0 Å². The fourth-order valence-corrected chi connectivity index (χ4v) is 4.32. The molecule has 4 rings (SSSR count). The van der Waals surface area contributed by atoms with Gasteiger partial charge in [-0.2, -0.15) is 0 Å². The third kappa shape index (κ3) is 3.94. The van der Waals surface area contributed by atoms with Gasteiger partial charge in [-0.25, -0.2) is 28.1 Å². The lowest BCUT2D eigenvalue weighted by Crippen LogP contribution is -2.37. The summed E-state index contributed by atoms with van der Waals surface area (Å²) >= 11 is 0. The average molecular weight is 465 g/mol. The number of sulfonamides is 1. The zero-order valence-corrected chi connectivity index (χ0v) is 18.4. The summed E-state index contributed by atoms with van der Waals surface area (Å²) in [6.07, 6.45) is -4.09. The van der Waals surface area contributed by atoms with E-state index >= 15 is 0 Å². The lowest BCUT2D eigenvalue weighted by Gasteiger charge is -2.17. The van der Waals surface area contributed by atoms with Crippen molar-refractivity contribution in [2.45, 2.75) is 49.4 Å². The minimum Gasteiger partial charge on any atom is -0.391 e. The first-order valence-electron chi connectivity index (χ1n) is 9.84. The molecule has 0 aliphatic carbocycles. The van der Waals surface area contributed by atoms with Crippen LogP contribution < -0.4 is 10.0 Å². The smallest absolute Gasteiger partial charge is 0.240 e. The number of hydrogen-bond acceptors (Lipinski definition) is 10. The number of aliphatic hydroxyl groups is 3. The van der Waals surface area contributed by atoms with Crippen LogP contribution in [-0.4, -0.2) is 74.7 Å². The van der Waals surface area contributed by atoms with Crippen LogP contribution in [0.25, 0.3) is 11.2 Å². The molecule has 1 unspecified atom stereocenters. The topological polar surface area (TPSA) is 172 Å². The van der Waals surface area contributed by atoms with Crippen LogP contribution in [0.5, 0.6) is 0 Å². The summed E-state index contributed by atoms with van der Waals surface area (Å²) in [6.45, 7) is 3.15. The van der Waals surface area contributed by atoms with Crippen molar-refractivity contribution in [3.05, 3.63) is 36.4 Å². The second kappa shape index (κ2) is 8.35. The van der Waals surface area contributed by atoms with Crippen molar-refractivity contribution in [2.24, 2.45) is 0 Å². The van der Waals surface area contributed by atoms with Gasteiger partial charge < -0.3 is 25.4 Å². The van der Waals surface area contributed by atoms with E-state index in [4.69, 9.17) is 4.74 Å². The molecule has 5 N–H and O–H groups in total. The molecule has 3 aromatic rings. The number of rotatable bonds is 6. The Labute approximate surface area is 184 Å². The monoisotopic (exact) mass is 464 g/mol. The number of imidazole rings is 1. The van der Waals surface area contributed by atoms with Gasteiger partial charge >= 0.3 is 0 Å². The summed E-state index contributed by atoms with van der Waals surface area (Å²) in [7, 11) is -2.21. The lowest BCUT2D eigenvalue weighted by atomic mass is 10.1. The van der Waals surface area contributed by atoms with Crippen LogP contribution in [0.2, 0.25) is 0 Å². The highest BCUT2D eigenvalue weighted by Crippen LogP contribution is 2.34. The summed E-state index contributed by atoms with van der Waals surface area (Å²) in [6, 6.07) is 6.10. The second-order valence-electron chi connectivity index (χ2n) is 7.51. The number of nitrogens with one attached hydrogen (secondary N) is 2. The van der Waals surface area contributed by atoms with Gasteiger partial charge in [0.1, 0.15) is 24.1 Å². The first-order valence-corrected chi connectivity index (χ1v) is 11.3. The van der Waals surface area contributed by atoms with Crippen LogP contribution in [-0.2, 0) is 14.8 Å². The SMILES string of the molecule is CNS(=O)(=O)c1ccc(Nc2nc(C)nc3c2ncn3[C@@H]2O[C@H](C(C)O)[C@@H](O)[C@H]2O)cc1. The van der Waals surface area contributed by atoms with E-state index < -0.39 is 40.7 Å². The highest BCUT2D eigenvalue weighted by atomic mass is 32.2. The highest BCUT2D eigenvalue weighted by Gasteiger charge is 2.46. The zero-order chi connectivity index (χ0) is 23.2. The van der Waals surface area contributed by atoms with Gasteiger partial charge in [0.15, 0.2) is 23.2 Å². The molecule has 2 aromatic heterocycles. The molecule has 1 aliphatic rings. The molecule has 12 nitrogen and oxygen atoms in total. The molecule has 5 atom stereocenters. The van der Waals surface area contributed by atoms with Crippen molar-refractivity contribution in [3.63, 3.8) is 0 Å². The van der Waals surface area contributed by atoms with Gasteiger partial charge in [-0.1, -0.05) is 0 Å². The molecule has 3 heterocycles. The molecule has 0 saturated carbocycles. The minimum atomic E-state index is -3.55. The van der Waals surface area contributed by atoms with E-state index in [0.717, 1.165) is 0 Å². The number of benzene rings is 1. The van der Waals surface area contributed by atoms with Gasteiger partial charge in [0.2, 0.25) is 10.0 Å². The number of ether oxygens (including phenoxy) is 1. The average Bonchev–Trinajstić information content (AvgIpc) is 3.29. The number of aryl methyl sites for hydroxylation is 1. The quantitative estimate of drug-likeness (QED) is 0.328. The van der Waals surface area contributed by atoms with Crippen molar-refractivity contribution in [3.8, 4) is 0 Å². The molecule has 1 fully saturated rings. The first-order chi connectivity index (χ1) is 15.1. The number of hydrogen-bond donors (Lipinski definition) is 5. The van der Waals surface area contributed by atoms with Crippen molar-refractivity contribution >= 4 is 32.7 Å². The van der Waals surface area contributed by atoms with E-state index in [1.165, 1.54) is 37.0 Å². The van der Waals surface area contributed by atoms with Gasteiger partial charge in [-0.3, -0.25) is 4.57 Å². The van der Waals surface area contributed by atoms with E-state index in [1.807, 2.05) is 0 Å². The summed E-state index contributed by atoms with van der Waals surface area (Å²) in [5.41, 5.74) is 1.32. The molecule has 0 radical (unpaired) electrons. The Morgan fingerprint density at radius 2 is 1.84 bits per heavy atom. The van der Waals surface area contributed by atoms with Crippen LogP contribution in [0, 0.1) is 6.92 Å². The highest BCUT2D eigenvalue weighted by molar-refractivity contribution is 7.89. The summed E-state index contributed by atoms with van der Waals surface area (Å²) < 4.78 is 33.2. The molecule has 1 saturated heterocycles. The van der Waals surface area contributed by atoms with Crippen LogP contribution in [0.15, 0.2) is 35.5 Å². The normalized spacial score (nSPS) is 24.7. The van der Waals surface area contributed by atoms with Gasteiger partial charge in [0.25, 0.3) is 0 Å². The molecule has 172 valence electrons. The van der Waals surface area contributed by atoms with E-state index in [2.05, 4.69) is 25.0 Å². The largest absolute Gasteiger partial charge is 0.391 e. The number of nitrogens with zero attached hydrogens (tertiary/aromatic N) is 4. The lowest BCUT2D eigenvalue weighted by molar-refractivity contribution is -0.0777. The standard InChI is InChI=1S/C19H24N6O6S/c1-9(26)16-14(27)15(28)19(31-16)25-8-21-13-17(22-10(2)23-18(13)25)24-11-4-6-12(7-5-11)32(29,30)20-3/h4-9,14-16,19-20,26-28H,1-3H3,(H,22,23,24)/t9?,14-,15+,16+,19+/m0/s1. The Morgan fingerprint density at radius 1 is 1.16 bits per heavy atom. The third-order valence-corrected chi connectivity index (χ3v) is 6.68. The maximum Gasteiger partial charge on any atom is 0.240 e. The van der Waals surface area contributed by atoms with Crippen LogP contribution in [0.4, 0.5) is 11.5 Å². The number of aliphatic hydroxyl groups excluding tert-OH is 3. The molecule has 32 heavy (non-hydrogen) atoms. The van der Waals surface area contributed by atoms with Gasteiger partial charge in [0, 0.05) is 5.69 Å². The van der Waals surface area contributed by atoms with E-state index in [1.54, 1.807) is 19.1 Å². The third-order valence-electron chi connectivity index (χ3n) is 5.25. The van der Waals surface area contributed by atoms with Gasteiger partial charge in [0.05, 0.1) is 17.3 Å². The number of anilines is 2. The second-order valence-corrected chi connectivity index (χ2v) is 9.40. The summed E-state index contributed by atoms with van der Waals surface area (Å²) in [4.78, 5) is 13.2. The number of fused-ring (bicyclic) bond motifs is 1. The molecule has 1 aromatic carbocycles. The molecule has 0 amide bonds. The van der Waals surface area contributed by atoms with Crippen LogP contribution in [0.1, 0.15) is 19.0 Å². The molecule has 0 bridgehead atoms. The van der Waals surface area contributed by atoms with Crippen molar-refractivity contribution in [1.82, 2.24) is 24.2 Å². The maximum atomic E-state index is 11.9. The Kier molecular flexibility index (Phi) is 5.87. The van der Waals surface area contributed by atoms with Crippen molar-refractivity contribution < 1.29 is 28.5 Å². The Bertz CT molecular complexity index is 1230. The molecular formula is C19H24N6O6S. The van der Waals surface area contributed by atoms with Crippen molar-refractivity contribution in [1.29, 1.82) is 0 Å². The Hall–Kier alpha value is -2.68. The first kappa shape index (κ1) is 22.5. The van der Waals surface area contributed by atoms with E-state index in [0.29, 0.717) is 28.5 Å². The minimum absolute atomic E-state index is 0.123. The molecule has 13 heteroatoms. The maximum absolute atomic E-state index is 11.9. The fraction of sp³-hybridized carbons (Fsp3) is 0.421. The Balaban J connectivity index is 1.67. The molecule has 1 aliphatic heterocycles. The van der Waals surface area contributed by atoms with Gasteiger partial charge in [-0.05, 0) is 45.2 Å². The van der Waals surface area contributed by atoms with E-state index in [9.17, 15) is 23.7 Å². The van der Waals surface area contributed by atoms with Crippen LogP contribution in [0.3, 0.4) is 0 Å². The summed E-state index contributed by atoms with van der Waals surface area (Å²) in [5, 5.41) is 33.6.